The number of rotatable bonds is 1. The van der Waals surface area contributed by atoms with Crippen LogP contribution in [-0.4, -0.2) is 18.1 Å². The number of fused-ring (bicyclic) bond motifs is 1. The molecule has 2 N–H and O–H groups in total. The maximum Gasteiger partial charge on any atom is 0.252 e. The molecule has 16 heavy (non-hydrogen) atoms. The average molecular weight is 237 g/mol. The van der Waals surface area contributed by atoms with Crippen molar-refractivity contribution in [2.45, 2.75) is 13.8 Å². The second-order valence-electron chi connectivity index (χ2n) is 2.88. The lowest BCUT2D eigenvalue weighted by molar-refractivity contribution is 0.0965. The summed E-state index contributed by atoms with van der Waals surface area (Å²) in [6.45, 7) is 4.00. The van der Waals surface area contributed by atoms with Crippen LogP contribution in [0.15, 0.2) is 23.6 Å². The van der Waals surface area contributed by atoms with Gasteiger partial charge in [0, 0.05) is 17.8 Å². The second-order valence-corrected chi connectivity index (χ2v) is 3.76. The molecule has 1 aromatic carbocycles. The topological polar surface area (TPSA) is 49.3 Å². The van der Waals surface area contributed by atoms with E-state index < -0.39 is 0 Å². The molecule has 0 atom stereocenters. The van der Waals surface area contributed by atoms with Crippen LogP contribution in [0.1, 0.15) is 24.2 Å². The van der Waals surface area contributed by atoms with Crippen molar-refractivity contribution in [3.8, 4) is 5.75 Å². The standard InChI is InChI=1S/C10H9NO2S.C2H6/c1-11-10(13)7-5-14-9-6(7)3-2-4-8(9)12;1-2/h2-5,12H,1H3,(H,11,13);1-2H3. The second kappa shape index (κ2) is 5.51. The largest absolute Gasteiger partial charge is 0.506 e. The number of benzene rings is 1. The van der Waals surface area contributed by atoms with Crippen molar-refractivity contribution in [3.05, 3.63) is 29.1 Å². The molecular weight excluding hydrogens is 222 g/mol. The molecule has 0 aliphatic rings. The predicted molar refractivity (Wildman–Crippen MR) is 68.2 cm³/mol. The summed E-state index contributed by atoms with van der Waals surface area (Å²) in [7, 11) is 1.59. The lowest BCUT2D eigenvalue weighted by atomic mass is 10.1. The minimum atomic E-state index is -0.123. The van der Waals surface area contributed by atoms with Crippen LogP contribution >= 0.6 is 11.3 Å². The fourth-order valence-corrected chi connectivity index (χ4v) is 2.32. The van der Waals surface area contributed by atoms with Crippen molar-refractivity contribution in [2.75, 3.05) is 7.05 Å². The summed E-state index contributed by atoms with van der Waals surface area (Å²) in [5, 5.41) is 14.6. The molecule has 0 radical (unpaired) electrons. The number of carbonyl (C=O) groups is 1. The van der Waals surface area contributed by atoms with Gasteiger partial charge in [0.15, 0.2) is 0 Å². The first-order valence-corrected chi connectivity index (χ1v) is 6.03. The number of aromatic hydroxyl groups is 1. The number of carbonyl (C=O) groups excluding carboxylic acids is 1. The number of phenolic OH excluding ortho intramolecular Hbond substituents is 1. The van der Waals surface area contributed by atoms with Crippen LogP contribution < -0.4 is 5.32 Å². The number of thiophene rings is 1. The highest BCUT2D eigenvalue weighted by Crippen LogP contribution is 2.32. The smallest absolute Gasteiger partial charge is 0.252 e. The Morgan fingerprint density at radius 2 is 2.06 bits per heavy atom. The fourth-order valence-electron chi connectivity index (χ4n) is 1.35. The molecule has 0 unspecified atom stereocenters. The highest BCUT2D eigenvalue weighted by molar-refractivity contribution is 7.18. The summed E-state index contributed by atoms with van der Waals surface area (Å²) in [5.74, 6) is 0.101. The molecule has 2 rings (SSSR count). The quantitative estimate of drug-likeness (QED) is 0.801. The Bertz CT molecular complexity index is 491. The van der Waals surface area contributed by atoms with Crippen LogP contribution in [0.25, 0.3) is 10.1 Å². The monoisotopic (exact) mass is 237 g/mol. The zero-order valence-corrected chi connectivity index (χ0v) is 10.4. The molecule has 0 bridgehead atoms. The van der Waals surface area contributed by atoms with Crippen LogP contribution in [0.4, 0.5) is 0 Å². The Hall–Kier alpha value is -1.55. The van der Waals surface area contributed by atoms with E-state index >= 15 is 0 Å². The van der Waals surface area contributed by atoms with Crippen LogP contribution in [0.5, 0.6) is 5.75 Å². The van der Waals surface area contributed by atoms with E-state index in [1.54, 1.807) is 24.6 Å². The molecule has 1 aromatic heterocycles. The van der Waals surface area contributed by atoms with Gasteiger partial charge in [-0.05, 0) is 6.07 Å². The van der Waals surface area contributed by atoms with E-state index in [2.05, 4.69) is 5.32 Å². The number of nitrogens with one attached hydrogen (secondary N) is 1. The van der Waals surface area contributed by atoms with E-state index in [9.17, 15) is 9.90 Å². The zero-order valence-electron chi connectivity index (χ0n) is 9.57. The van der Waals surface area contributed by atoms with Gasteiger partial charge in [-0.1, -0.05) is 26.0 Å². The van der Waals surface area contributed by atoms with Crippen molar-refractivity contribution >= 4 is 27.3 Å². The van der Waals surface area contributed by atoms with Gasteiger partial charge in [0.2, 0.25) is 0 Å². The van der Waals surface area contributed by atoms with Crippen molar-refractivity contribution in [2.24, 2.45) is 0 Å². The summed E-state index contributed by atoms with van der Waals surface area (Å²) in [6.07, 6.45) is 0. The molecule has 0 saturated carbocycles. The van der Waals surface area contributed by atoms with Crippen LogP contribution in [0.2, 0.25) is 0 Å². The third kappa shape index (κ3) is 2.17. The maximum absolute atomic E-state index is 11.4. The average Bonchev–Trinajstić information content (AvgIpc) is 2.76. The summed E-state index contributed by atoms with van der Waals surface area (Å²) in [4.78, 5) is 11.4. The van der Waals surface area contributed by atoms with E-state index in [0.29, 0.717) is 5.56 Å². The normalized spacial score (nSPS) is 9.44. The molecule has 0 fully saturated rings. The van der Waals surface area contributed by atoms with Gasteiger partial charge in [0.1, 0.15) is 5.75 Å². The van der Waals surface area contributed by atoms with Crippen LogP contribution in [0.3, 0.4) is 0 Å². The summed E-state index contributed by atoms with van der Waals surface area (Å²) >= 11 is 1.37. The molecule has 1 heterocycles. The van der Waals surface area contributed by atoms with Crippen molar-refractivity contribution < 1.29 is 9.90 Å². The Balaban J connectivity index is 0.000000606. The number of hydrogen-bond donors (Lipinski definition) is 2. The Morgan fingerprint density at radius 3 is 2.69 bits per heavy atom. The Labute approximate surface area is 98.7 Å². The van der Waals surface area contributed by atoms with Gasteiger partial charge in [0.05, 0.1) is 10.3 Å². The minimum Gasteiger partial charge on any atom is -0.506 e. The first-order valence-electron chi connectivity index (χ1n) is 5.15. The Kier molecular flexibility index (Phi) is 4.31. The minimum absolute atomic E-state index is 0.123. The Morgan fingerprint density at radius 1 is 1.38 bits per heavy atom. The first kappa shape index (κ1) is 12.5. The highest BCUT2D eigenvalue weighted by atomic mass is 32.1. The van der Waals surface area contributed by atoms with E-state index in [1.165, 1.54) is 11.3 Å². The molecule has 2 aromatic rings. The van der Waals surface area contributed by atoms with Crippen molar-refractivity contribution in [1.29, 1.82) is 0 Å². The number of hydrogen-bond acceptors (Lipinski definition) is 3. The van der Waals surface area contributed by atoms with E-state index in [1.807, 2.05) is 19.9 Å². The van der Waals surface area contributed by atoms with Gasteiger partial charge < -0.3 is 10.4 Å². The summed E-state index contributed by atoms with van der Waals surface area (Å²) < 4.78 is 0.756. The van der Waals surface area contributed by atoms with E-state index in [4.69, 9.17) is 0 Å². The fraction of sp³-hybridized carbons (Fsp3) is 0.250. The SMILES string of the molecule is CC.CNC(=O)c1csc2c(O)cccc12. The number of amides is 1. The van der Waals surface area contributed by atoms with Gasteiger partial charge in [-0.2, -0.15) is 0 Å². The third-order valence-corrected chi connectivity index (χ3v) is 3.07. The molecule has 0 spiro atoms. The van der Waals surface area contributed by atoms with E-state index in [0.717, 1.165) is 10.1 Å². The molecule has 4 heteroatoms. The van der Waals surface area contributed by atoms with Crippen molar-refractivity contribution in [3.63, 3.8) is 0 Å². The third-order valence-electron chi connectivity index (χ3n) is 2.05. The van der Waals surface area contributed by atoms with Gasteiger partial charge in [0.25, 0.3) is 5.91 Å². The lowest BCUT2D eigenvalue weighted by Gasteiger charge is -1.97. The molecule has 0 aliphatic carbocycles. The van der Waals surface area contributed by atoms with Gasteiger partial charge in [-0.3, -0.25) is 4.79 Å². The highest BCUT2D eigenvalue weighted by Gasteiger charge is 2.11. The summed E-state index contributed by atoms with van der Waals surface area (Å²) in [6, 6.07) is 5.18. The van der Waals surface area contributed by atoms with Crippen LogP contribution in [0, 0.1) is 0 Å². The maximum atomic E-state index is 11.4. The zero-order chi connectivity index (χ0) is 12.1. The molecule has 86 valence electrons. The molecule has 0 aliphatic heterocycles. The molecule has 1 amide bonds. The molecular formula is C12H15NO2S. The summed E-state index contributed by atoms with van der Waals surface area (Å²) in [5.41, 5.74) is 0.614. The van der Waals surface area contributed by atoms with E-state index in [-0.39, 0.29) is 11.7 Å². The van der Waals surface area contributed by atoms with Crippen molar-refractivity contribution in [1.82, 2.24) is 5.32 Å². The van der Waals surface area contributed by atoms with Gasteiger partial charge in [-0.25, -0.2) is 0 Å². The lowest BCUT2D eigenvalue weighted by Crippen LogP contribution is -2.16. The number of phenols is 1. The van der Waals surface area contributed by atoms with Crippen LogP contribution in [-0.2, 0) is 0 Å². The van der Waals surface area contributed by atoms with Gasteiger partial charge in [-0.15, -0.1) is 11.3 Å². The molecule has 0 saturated heterocycles. The predicted octanol–water partition coefficient (Wildman–Crippen LogP) is 2.99. The molecule has 3 nitrogen and oxygen atoms in total. The first-order chi connectivity index (χ1) is 7.74. The van der Waals surface area contributed by atoms with Gasteiger partial charge >= 0.3 is 0 Å².